The van der Waals surface area contributed by atoms with Gasteiger partial charge in [-0.1, -0.05) is 0 Å². The van der Waals surface area contributed by atoms with Crippen LogP contribution in [0.3, 0.4) is 0 Å². The third-order valence-corrected chi connectivity index (χ3v) is 4.43. The molecule has 4 N–H and O–H groups in total. The molecule has 1 unspecified atom stereocenters. The molecule has 0 fully saturated rings. The fourth-order valence-electron chi connectivity index (χ4n) is 2.50. The first-order chi connectivity index (χ1) is 13.8. The molecule has 29 heavy (non-hydrogen) atoms. The number of anilines is 3. The molecule has 0 spiro atoms. The highest BCUT2D eigenvalue weighted by Gasteiger charge is 2.12. The van der Waals surface area contributed by atoms with Crippen molar-refractivity contribution in [2.24, 2.45) is 0 Å². The van der Waals surface area contributed by atoms with Gasteiger partial charge < -0.3 is 16.4 Å². The van der Waals surface area contributed by atoms with Gasteiger partial charge in [0.25, 0.3) is 0 Å². The molecule has 1 heterocycles. The normalized spacial score (nSPS) is 11.7. The number of rotatable bonds is 5. The molecular weight excluding hydrogens is 400 g/mol. The highest BCUT2D eigenvalue weighted by atomic mass is 32.2. The largest absolute Gasteiger partial charge is 0.384 e. The van der Waals surface area contributed by atoms with E-state index in [9.17, 15) is 17.8 Å². The highest BCUT2D eigenvalue weighted by molar-refractivity contribution is 7.83. The zero-order chi connectivity index (χ0) is 21.0. The standard InChI is InChI=1S/C19H17F2N5O2S/c1-29(28)10-14-9-17(22)26-18(23-14)11-2-7-16(15(21)8-11)25-19(27)24-13-5-3-12(20)4-6-13/h2-9H,10H2,1H3,(H2,22,23,26)(H2,24,25,27). The molecule has 1 atom stereocenters. The average molecular weight is 417 g/mol. The summed E-state index contributed by atoms with van der Waals surface area (Å²) in [5.41, 5.74) is 6.88. The molecule has 0 aliphatic carbocycles. The van der Waals surface area contributed by atoms with E-state index in [0.29, 0.717) is 16.9 Å². The topological polar surface area (TPSA) is 110 Å². The molecule has 3 rings (SSSR count). The third-order valence-electron chi connectivity index (χ3n) is 3.73. The molecule has 0 radical (unpaired) electrons. The van der Waals surface area contributed by atoms with E-state index in [4.69, 9.17) is 5.73 Å². The fourth-order valence-corrected chi connectivity index (χ4v) is 3.07. The Labute approximate surface area is 167 Å². The maximum Gasteiger partial charge on any atom is 0.323 e. The van der Waals surface area contributed by atoms with E-state index < -0.39 is 28.5 Å². The Morgan fingerprint density at radius 3 is 2.45 bits per heavy atom. The number of nitrogen functional groups attached to an aromatic ring is 1. The van der Waals surface area contributed by atoms with E-state index >= 15 is 0 Å². The van der Waals surface area contributed by atoms with Crippen molar-refractivity contribution in [1.29, 1.82) is 0 Å². The number of nitrogens with zero attached hydrogens (tertiary/aromatic N) is 2. The molecule has 150 valence electrons. The monoisotopic (exact) mass is 417 g/mol. The summed E-state index contributed by atoms with van der Waals surface area (Å²) >= 11 is 0. The zero-order valence-electron chi connectivity index (χ0n) is 15.3. The molecule has 2 amide bonds. The molecule has 3 aromatic rings. The number of carbonyl (C=O) groups is 1. The number of urea groups is 1. The summed E-state index contributed by atoms with van der Waals surface area (Å²) in [6.45, 7) is 0. The predicted molar refractivity (Wildman–Crippen MR) is 109 cm³/mol. The summed E-state index contributed by atoms with van der Waals surface area (Å²) in [5.74, 6) is -0.577. The van der Waals surface area contributed by atoms with Crippen LogP contribution in [0.1, 0.15) is 5.69 Å². The van der Waals surface area contributed by atoms with Crippen LogP contribution < -0.4 is 16.4 Å². The second kappa shape index (κ2) is 8.74. The maximum atomic E-state index is 14.5. The van der Waals surface area contributed by atoms with Gasteiger partial charge >= 0.3 is 6.03 Å². The van der Waals surface area contributed by atoms with Gasteiger partial charge in [0.15, 0.2) is 5.82 Å². The molecular formula is C19H17F2N5O2S. The Balaban J connectivity index is 1.76. The number of nitrogens with one attached hydrogen (secondary N) is 2. The summed E-state index contributed by atoms with van der Waals surface area (Å²) in [4.78, 5) is 20.3. The molecule has 0 aliphatic rings. The molecule has 7 nitrogen and oxygen atoms in total. The number of benzene rings is 2. The van der Waals surface area contributed by atoms with Crippen LogP contribution in [0.5, 0.6) is 0 Å². The number of carbonyl (C=O) groups excluding carboxylic acids is 1. The van der Waals surface area contributed by atoms with Gasteiger partial charge in [-0.05, 0) is 42.5 Å². The van der Waals surface area contributed by atoms with E-state index in [1.165, 1.54) is 48.7 Å². The van der Waals surface area contributed by atoms with Gasteiger partial charge in [-0.2, -0.15) is 0 Å². The minimum absolute atomic E-state index is 0.0628. The number of hydrogen-bond donors (Lipinski definition) is 3. The highest BCUT2D eigenvalue weighted by Crippen LogP contribution is 2.23. The molecule has 0 aliphatic heterocycles. The average Bonchev–Trinajstić information content (AvgIpc) is 2.64. The molecule has 0 saturated heterocycles. The summed E-state index contributed by atoms with van der Waals surface area (Å²) < 4.78 is 38.8. The first-order valence-corrected chi connectivity index (χ1v) is 10.1. The molecule has 0 bridgehead atoms. The first kappa shape index (κ1) is 20.3. The van der Waals surface area contributed by atoms with Crippen LogP contribution in [0.2, 0.25) is 0 Å². The van der Waals surface area contributed by atoms with Gasteiger partial charge in [-0.15, -0.1) is 0 Å². The van der Waals surface area contributed by atoms with Crippen molar-refractivity contribution in [3.63, 3.8) is 0 Å². The van der Waals surface area contributed by atoms with Crippen LogP contribution in [0.15, 0.2) is 48.5 Å². The van der Waals surface area contributed by atoms with E-state index in [0.717, 1.165) is 6.07 Å². The lowest BCUT2D eigenvalue weighted by molar-refractivity contribution is 0.262. The summed E-state index contributed by atoms with van der Waals surface area (Å²) in [6.07, 6.45) is 1.54. The van der Waals surface area contributed by atoms with Crippen LogP contribution in [-0.4, -0.2) is 26.5 Å². The Kier molecular flexibility index (Phi) is 6.13. The molecule has 0 saturated carbocycles. The van der Waals surface area contributed by atoms with Crippen molar-refractivity contribution in [2.45, 2.75) is 5.75 Å². The zero-order valence-corrected chi connectivity index (χ0v) is 16.1. The Hall–Kier alpha value is -3.40. The number of nitrogens with two attached hydrogens (primary N) is 1. The Morgan fingerprint density at radius 2 is 1.79 bits per heavy atom. The summed E-state index contributed by atoms with van der Waals surface area (Å²) in [7, 11) is -1.12. The lowest BCUT2D eigenvalue weighted by Gasteiger charge is -2.10. The number of amides is 2. The van der Waals surface area contributed by atoms with Crippen molar-refractivity contribution in [3.05, 3.63) is 65.9 Å². The van der Waals surface area contributed by atoms with Crippen LogP contribution in [0, 0.1) is 11.6 Å². The van der Waals surface area contributed by atoms with Crippen molar-refractivity contribution < 1.29 is 17.8 Å². The fraction of sp³-hybridized carbons (Fsp3) is 0.105. The second-order valence-electron chi connectivity index (χ2n) is 6.11. The van der Waals surface area contributed by atoms with Crippen molar-refractivity contribution in [2.75, 3.05) is 22.6 Å². The predicted octanol–water partition coefficient (Wildman–Crippen LogP) is 3.53. The van der Waals surface area contributed by atoms with Crippen LogP contribution in [0.25, 0.3) is 11.4 Å². The first-order valence-electron chi connectivity index (χ1n) is 8.37. The minimum atomic E-state index is -1.12. The molecule has 10 heteroatoms. The number of aromatic nitrogens is 2. The van der Waals surface area contributed by atoms with Crippen molar-refractivity contribution in [1.82, 2.24) is 9.97 Å². The third kappa shape index (κ3) is 5.55. The lowest BCUT2D eigenvalue weighted by atomic mass is 10.1. The number of halogens is 2. The van der Waals surface area contributed by atoms with Gasteiger partial charge in [-0.25, -0.2) is 23.5 Å². The van der Waals surface area contributed by atoms with Crippen molar-refractivity contribution >= 4 is 34.0 Å². The minimum Gasteiger partial charge on any atom is -0.384 e. The summed E-state index contributed by atoms with van der Waals surface area (Å²) in [5, 5.41) is 4.85. The van der Waals surface area contributed by atoms with E-state index in [1.54, 1.807) is 0 Å². The number of hydrogen-bond acceptors (Lipinski definition) is 5. The van der Waals surface area contributed by atoms with E-state index in [-0.39, 0.29) is 23.1 Å². The van der Waals surface area contributed by atoms with Gasteiger partial charge in [0.1, 0.15) is 17.5 Å². The van der Waals surface area contributed by atoms with E-state index in [2.05, 4.69) is 20.6 Å². The second-order valence-corrected chi connectivity index (χ2v) is 7.54. The van der Waals surface area contributed by atoms with Crippen LogP contribution >= 0.6 is 0 Å². The van der Waals surface area contributed by atoms with Crippen LogP contribution in [0.4, 0.5) is 30.8 Å². The maximum absolute atomic E-state index is 14.5. The van der Waals surface area contributed by atoms with E-state index in [1.807, 2.05) is 0 Å². The van der Waals surface area contributed by atoms with Gasteiger partial charge in [-0.3, -0.25) is 4.21 Å². The van der Waals surface area contributed by atoms with Gasteiger partial charge in [0, 0.05) is 34.4 Å². The summed E-state index contributed by atoms with van der Waals surface area (Å²) in [6, 6.07) is 10.0. The quantitative estimate of drug-likeness (QED) is 0.588. The smallest absolute Gasteiger partial charge is 0.323 e. The van der Waals surface area contributed by atoms with Crippen molar-refractivity contribution in [3.8, 4) is 11.4 Å². The molecule has 2 aromatic carbocycles. The van der Waals surface area contributed by atoms with Gasteiger partial charge in [0.2, 0.25) is 0 Å². The van der Waals surface area contributed by atoms with Gasteiger partial charge in [0.05, 0.1) is 17.1 Å². The lowest BCUT2D eigenvalue weighted by Crippen LogP contribution is -2.20. The SMILES string of the molecule is CS(=O)Cc1cc(N)nc(-c2ccc(NC(=O)Nc3ccc(F)cc3)c(F)c2)n1. The molecule has 1 aromatic heterocycles. The Bertz CT molecular complexity index is 1080. The Morgan fingerprint density at radius 1 is 1.07 bits per heavy atom. The van der Waals surface area contributed by atoms with Crippen LogP contribution in [-0.2, 0) is 16.6 Å².